The van der Waals surface area contributed by atoms with E-state index in [1.54, 1.807) is 6.07 Å². The van der Waals surface area contributed by atoms with Gasteiger partial charge in [0.25, 0.3) is 10.0 Å². The first kappa shape index (κ1) is 15.5. The number of morpholine rings is 1. The van der Waals surface area contributed by atoms with Crippen molar-refractivity contribution >= 4 is 10.0 Å². The van der Waals surface area contributed by atoms with Crippen LogP contribution in [0.4, 0.5) is 0 Å². The molecule has 1 aliphatic rings. The van der Waals surface area contributed by atoms with Crippen molar-refractivity contribution in [3.05, 3.63) is 17.9 Å². The molecule has 1 aromatic rings. The lowest BCUT2D eigenvalue weighted by molar-refractivity contribution is -0.0642. The Hall–Kier alpha value is -0.890. The molecular formula is C13H22N2O4S. The number of hydrogen-bond donors (Lipinski definition) is 1. The zero-order valence-corrected chi connectivity index (χ0v) is 13.0. The Morgan fingerprint density at radius 1 is 1.40 bits per heavy atom. The van der Waals surface area contributed by atoms with Crippen LogP contribution in [-0.2, 0) is 21.3 Å². The van der Waals surface area contributed by atoms with Crippen LogP contribution in [0.25, 0.3) is 0 Å². The number of sulfonamides is 1. The van der Waals surface area contributed by atoms with Gasteiger partial charge in [-0.05, 0) is 32.5 Å². The van der Waals surface area contributed by atoms with Gasteiger partial charge in [-0.1, -0.05) is 6.92 Å². The minimum Gasteiger partial charge on any atom is -0.447 e. The van der Waals surface area contributed by atoms with Crippen LogP contribution in [0.15, 0.2) is 21.6 Å². The van der Waals surface area contributed by atoms with Crippen LogP contribution in [0.3, 0.4) is 0 Å². The fourth-order valence-electron chi connectivity index (χ4n) is 2.15. The molecule has 2 heterocycles. The summed E-state index contributed by atoms with van der Waals surface area (Å²) in [5, 5.41) is 3.10. The summed E-state index contributed by atoms with van der Waals surface area (Å²) in [7, 11) is -3.58. The first-order valence-electron chi connectivity index (χ1n) is 6.79. The van der Waals surface area contributed by atoms with Gasteiger partial charge in [0.05, 0.1) is 18.8 Å². The van der Waals surface area contributed by atoms with E-state index in [4.69, 9.17) is 9.15 Å². The van der Waals surface area contributed by atoms with E-state index >= 15 is 0 Å². The topological polar surface area (TPSA) is 71.8 Å². The lowest BCUT2D eigenvalue weighted by Gasteiger charge is -2.36. The lowest BCUT2D eigenvalue weighted by Crippen LogP contribution is -2.50. The van der Waals surface area contributed by atoms with Crippen LogP contribution in [0.5, 0.6) is 0 Å². The van der Waals surface area contributed by atoms with E-state index in [0.29, 0.717) is 32.0 Å². The monoisotopic (exact) mass is 302 g/mol. The van der Waals surface area contributed by atoms with Crippen LogP contribution in [0.1, 0.15) is 26.5 Å². The van der Waals surface area contributed by atoms with Gasteiger partial charge in [-0.25, -0.2) is 8.42 Å². The summed E-state index contributed by atoms with van der Waals surface area (Å²) in [5.41, 5.74) is -0.468. The molecule has 1 fully saturated rings. The maximum absolute atomic E-state index is 12.5. The number of furan rings is 1. The van der Waals surface area contributed by atoms with E-state index in [-0.39, 0.29) is 5.09 Å². The summed E-state index contributed by atoms with van der Waals surface area (Å²) in [6, 6.07) is 3.21. The molecule has 1 aliphatic heterocycles. The summed E-state index contributed by atoms with van der Waals surface area (Å²) in [5.74, 6) is 0.623. The SMILES string of the molecule is CCNCc1ccc(S(=O)(=O)N2CCOC(C)(C)C2)o1. The molecule has 0 bridgehead atoms. The highest BCUT2D eigenvalue weighted by molar-refractivity contribution is 7.89. The van der Waals surface area contributed by atoms with Crippen molar-refractivity contribution in [1.82, 2.24) is 9.62 Å². The van der Waals surface area contributed by atoms with Gasteiger partial charge in [-0.3, -0.25) is 0 Å². The molecule has 2 rings (SSSR count). The van der Waals surface area contributed by atoms with Crippen molar-refractivity contribution in [3.8, 4) is 0 Å². The van der Waals surface area contributed by atoms with E-state index in [1.165, 1.54) is 10.4 Å². The highest BCUT2D eigenvalue weighted by Crippen LogP contribution is 2.24. The molecule has 114 valence electrons. The first-order valence-corrected chi connectivity index (χ1v) is 8.23. The minimum absolute atomic E-state index is 0.00287. The number of hydrogen-bond acceptors (Lipinski definition) is 5. The fraction of sp³-hybridized carbons (Fsp3) is 0.692. The third-order valence-corrected chi connectivity index (χ3v) is 4.89. The predicted molar refractivity (Wildman–Crippen MR) is 74.9 cm³/mol. The average Bonchev–Trinajstić information content (AvgIpc) is 2.84. The van der Waals surface area contributed by atoms with Crippen molar-refractivity contribution < 1.29 is 17.6 Å². The minimum atomic E-state index is -3.58. The van der Waals surface area contributed by atoms with Gasteiger partial charge in [-0.2, -0.15) is 4.31 Å². The van der Waals surface area contributed by atoms with Crippen LogP contribution < -0.4 is 5.32 Å². The molecule has 0 radical (unpaired) electrons. The Balaban J connectivity index is 2.15. The highest BCUT2D eigenvalue weighted by atomic mass is 32.2. The van der Waals surface area contributed by atoms with E-state index in [1.807, 2.05) is 20.8 Å². The fourth-order valence-corrected chi connectivity index (χ4v) is 3.65. The Morgan fingerprint density at radius 2 is 2.15 bits per heavy atom. The van der Waals surface area contributed by atoms with Gasteiger partial charge in [0.1, 0.15) is 5.76 Å². The summed E-state index contributed by atoms with van der Waals surface area (Å²) in [6.07, 6.45) is 0. The van der Waals surface area contributed by atoms with E-state index in [9.17, 15) is 8.42 Å². The maximum atomic E-state index is 12.5. The molecule has 7 heteroatoms. The van der Waals surface area contributed by atoms with Gasteiger partial charge in [-0.15, -0.1) is 0 Å². The third-order valence-electron chi connectivity index (χ3n) is 3.17. The van der Waals surface area contributed by atoms with Crippen molar-refractivity contribution in [2.24, 2.45) is 0 Å². The van der Waals surface area contributed by atoms with Crippen molar-refractivity contribution in [2.75, 3.05) is 26.2 Å². The molecular weight excluding hydrogens is 280 g/mol. The second-order valence-corrected chi connectivity index (χ2v) is 7.32. The smallest absolute Gasteiger partial charge is 0.276 e. The van der Waals surface area contributed by atoms with Gasteiger partial charge in [0, 0.05) is 13.1 Å². The second kappa shape index (κ2) is 5.85. The normalized spacial score (nSPS) is 20.1. The standard InChI is InChI=1S/C13H22N2O4S/c1-4-14-9-11-5-6-12(19-11)20(16,17)15-7-8-18-13(2,3)10-15/h5-6,14H,4,7-10H2,1-3H3. The van der Waals surface area contributed by atoms with Crippen molar-refractivity contribution in [3.63, 3.8) is 0 Å². The van der Waals surface area contributed by atoms with Gasteiger partial charge in [0.2, 0.25) is 5.09 Å². The largest absolute Gasteiger partial charge is 0.447 e. The van der Waals surface area contributed by atoms with Gasteiger partial charge in [0.15, 0.2) is 0 Å². The summed E-state index contributed by atoms with van der Waals surface area (Å²) < 4.78 is 37.4. The molecule has 1 N–H and O–H groups in total. The molecule has 0 amide bonds. The predicted octanol–water partition coefficient (Wildman–Crippen LogP) is 1.19. The molecule has 0 aromatic carbocycles. The number of nitrogens with zero attached hydrogens (tertiary/aromatic N) is 1. The Morgan fingerprint density at radius 3 is 2.80 bits per heavy atom. The molecule has 1 saturated heterocycles. The Labute approximate surface area is 120 Å². The molecule has 20 heavy (non-hydrogen) atoms. The molecule has 0 saturated carbocycles. The summed E-state index contributed by atoms with van der Waals surface area (Å²) in [4.78, 5) is 0. The Kier molecular flexibility index (Phi) is 4.53. The van der Waals surface area contributed by atoms with Crippen LogP contribution in [-0.4, -0.2) is 44.6 Å². The summed E-state index contributed by atoms with van der Waals surface area (Å²) in [6.45, 7) is 8.17. The zero-order valence-electron chi connectivity index (χ0n) is 12.2. The lowest BCUT2D eigenvalue weighted by atomic mass is 10.1. The molecule has 1 aromatic heterocycles. The number of nitrogens with one attached hydrogen (secondary N) is 1. The first-order chi connectivity index (χ1) is 9.35. The van der Waals surface area contributed by atoms with E-state index in [2.05, 4.69) is 5.32 Å². The quantitative estimate of drug-likeness (QED) is 0.884. The Bertz CT molecular complexity index is 550. The van der Waals surface area contributed by atoms with Gasteiger partial charge >= 0.3 is 0 Å². The summed E-state index contributed by atoms with van der Waals surface area (Å²) >= 11 is 0. The second-order valence-electron chi connectivity index (χ2n) is 5.45. The molecule has 0 spiro atoms. The maximum Gasteiger partial charge on any atom is 0.276 e. The van der Waals surface area contributed by atoms with E-state index < -0.39 is 15.6 Å². The molecule has 6 nitrogen and oxygen atoms in total. The highest BCUT2D eigenvalue weighted by Gasteiger charge is 2.36. The zero-order chi connectivity index (χ0) is 14.8. The molecule has 0 atom stereocenters. The van der Waals surface area contributed by atoms with Crippen LogP contribution in [0.2, 0.25) is 0 Å². The molecule has 0 unspecified atom stereocenters. The van der Waals surface area contributed by atoms with Crippen LogP contribution >= 0.6 is 0 Å². The third kappa shape index (κ3) is 3.41. The molecule has 0 aliphatic carbocycles. The van der Waals surface area contributed by atoms with Crippen molar-refractivity contribution in [2.45, 2.75) is 38.0 Å². The number of rotatable bonds is 5. The van der Waals surface area contributed by atoms with Gasteiger partial charge < -0.3 is 14.5 Å². The average molecular weight is 302 g/mol. The van der Waals surface area contributed by atoms with Crippen LogP contribution in [0, 0.1) is 0 Å². The van der Waals surface area contributed by atoms with E-state index in [0.717, 1.165) is 6.54 Å². The number of ether oxygens (including phenoxy) is 1. The van der Waals surface area contributed by atoms with Crippen molar-refractivity contribution in [1.29, 1.82) is 0 Å².